The van der Waals surface area contributed by atoms with Crippen LogP contribution >= 0.6 is 0 Å². The van der Waals surface area contributed by atoms with Gasteiger partial charge >= 0.3 is 5.97 Å². The van der Waals surface area contributed by atoms with E-state index < -0.39 is 5.97 Å². The molecule has 0 radical (unpaired) electrons. The average Bonchev–Trinajstić information content (AvgIpc) is 2.59. The molecular weight excluding hydrogens is 278 g/mol. The summed E-state index contributed by atoms with van der Waals surface area (Å²) in [5.74, 6) is 0.399. The lowest BCUT2D eigenvalue weighted by Gasteiger charge is -2.08. The topological polar surface area (TPSA) is 48.4 Å². The number of pyridine rings is 1. The van der Waals surface area contributed by atoms with Gasteiger partial charge in [-0.25, -0.2) is 4.79 Å². The number of ether oxygens (including phenoxy) is 2. The standard InChI is InChI=1S/C18H17NO3/c1-21-16-10-8-14(9-11-16)17(6-3-7-18(20)22-2)15-5-4-12-19-13-15/h3-13H,1-2H3/b7-3+,17-6-. The number of nitrogens with zero attached hydrogens (tertiary/aromatic N) is 1. The van der Waals surface area contributed by atoms with Crippen molar-refractivity contribution in [1.82, 2.24) is 4.98 Å². The first-order valence-electron chi connectivity index (χ1n) is 6.75. The van der Waals surface area contributed by atoms with Crippen molar-refractivity contribution in [1.29, 1.82) is 0 Å². The second-order valence-corrected chi connectivity index (χ2v) is 4.43. The predicted octanol–water partition coefficient (Wildman–Crippen LogP) is 3.25. The molecule has 22 heavy (non-hydrogen) atoms. The minimum Gasteiger partial charge on any atom is -0.497 e. The normalized spacial score (nSPS) is 11.5. The van der Waals surface area contributed by atoms with E-state index in [2.05, 4.69) is 9.72 Å². The van der Waals surface area contributed by atoms with Crippen LogP contribution in [0.4, 0.5) is 0 Å². The number of aromatic nitrogens is 1. The molecule has 0 amide bonds. The first-order chi connectivity index (χ1) is 10.7. The molecule has 1 aromatic carbocycles. The van der Waals surface area contributed by atoms with Gasteiger partial charge in [-0.15, -0.1) is 0 Å². The van der Waals surface area contributed by atoms with Gasteiger partial charge < -0.3 is 9.47 Å². The van der Waals surface area contributed by atoms with E-state index in [1.54, 1.807) is 25.6 Å². The number of rotatable bonds is 5. The maximum Gasteiger partial charge on any atom is 0.330 e. The molecule has 0 N–H and O–H groups in total. The number of methoxy groups -OCH3 is 2. The fourth-order valence-corrected chi connectivity index (χ4v) is 1.94. The van der Waals surface area contributed by atoms with Gasteiger partial charge in [0.25, 0.3) is 0 Å². The molecule has 0 atom stereocenters. The van der Waals surface area contributed by atoms with Gasteiger partial charge in [0.2, 0.25) is 0 Å². The van der Waals surface area contributed by atoms with Crippen LogP contribution in [0.15, 0.2) is 67.0 Å². The van der Waals surface area contributed by atoms with Crippen molar-refractivity contribution in [3.05, 3.63) is 78.1 Å². The molecule has 0 saturated heterocycles. The summed E-state index contributed by atoms with van der Waals surface area (Å²) in [5.41, 5.74) is 2.92. The maximum atomic E-state index is 11.2. The van der Waals surface area contributed by atoms with Crippen LogP contribution in [0.25, 0.3) is 5.57 Å². The lowest BCUT2D eigenvalue weighted by Crippen LogP contribution is -1.93. The molecule has 0 fully saturated rings. The fraction of sp³-hybridized carbons (Fsp3) is 0.111. The van der Waals surface area contributed by atoms with Gasteiger partial charge in [-0.3, -0.25) is 4.98 Å². The molecule has 1 aromatic heterocycles. The van der Waals surface area contributed by atoms with Gasteiger partial charge in [0, 0.05) is 24.0 Å². The third kappa shape index (κ3) is 4.06. The van der Waals surface area contributed by atoms with Crippen LogP contribution in [0.3, 0.4) is 0 Å². The smallest absolute Gasteiger partial charge is 0.330 e. The molecule has 112 valence electrons. The molecule has 4 nitrogen and oxygen atoms in total. The summed E-state index contributed by atoms with van der Waals surface area (Å²) < 4.78 is 9.76. The quantitative estimate of drug-likeness (QED) is 0.482. The Bertz CT molecular complexity index is 673. The highest BCUT2D eigenvalue weighted by Gasteiger charge is 2.05. The highest BCUT2D eigenvalue weighted by Crippen LogP contribution is 2.24. The summed E-state index contributed by atoms with van der Waals surface area (Å²) in [6.07, 6.45) is 8.40. The van der Waals surface area contributed by atoms with Gasteiger partial charge in [0.1, 0.15) is 5.75 Å². The van der Waals surface area contributed by atoms with Crippen LogP contribution in [-0.4, -0.2) is 25.2 Å². The molecular formula is C18H17NO3. The lowest BCUT2D eigenvalue weighted by molar-refractivity contribution is -0.134. The Morgan fingerprint density at radius 2 is 1.86 bits per heavy atom. The molecule has 4 heteroatoms. The van der Waals surface area contributed by atoms with E-state index in [9.17, 15) is 4.79 Å². The lowest BCUT2D eigenvalue weighted by atomic mass is 9.99. The summed E-state index contributed by atoms with van der Waals surface area (Å²) in [7, 11) is 2.98. The first-order valence-corrected chi connectivity index (χ1v) is 6.75. The molecule has 2 aromatic rings. The average molecular weight is 295 g/mol. The van der Waals surface area contributed by atoms with Crippen molar-refractivity contribution in [2.24, 2.45) is 0 Å². The number of carbonyl (C=O) groups excluding carboxylic acids is 1. The van der Waals surface area contributed by atoms with Crippen LogP contribution in [-0.2, 0) is 9.53 Å². The van der Waals surface area contributed by atoms with Crippen molar-refractivity contribution in [2.75, 3.05) is 14.2 Å². The van der Waals surface area contributed by atoms with Crippen LogP contribution in [0.1, 0.15) is 11.1 Å². The highest BCUT2D eigenvalue weighted by molar-refractivity contribution is 5.84. The number of allylic oxidation sites excluding steroid dienone is 2. The van der Waals surface area contributed by atoms with Crippen LogP contribution in [0.2, 0.25) is 0 Å². The largest absolute Gasteiger partial charge is 0.497 e. The molecule has 0 aliphatic rings. The summed E-state index contributed by atoms with van der Waals surface area (Å²) in [4.78, 5) is 15.3. The van der Waals surface area contributed by atoms with Crippen LogP contribution < -0.4 is 4.74 Å². The number of esters is 1. The van der Waals surface area contributed by atoms with Crippen LogP contribution in [0, 0.1) is 0 Å². The van der Waals surface area contributed by atoms with Crippen LogP contribution in [0.5, 0.6) is 5.75 Å². The molecule has 0 bridgehead atoms. The Balaban J connectivity index is 2.38. The highest BCUT2D eigenvalue weighted by atomic mass is 16.5. The zero-order valence-corrected chi connectivity index (χ0v) is 12.5. The molecule has 0 saturated carbocycles. The van der Waals surface area contributed by atoms with Gasteiger partial charge in [-0.05, 0) is 29.3 Å². The van der Waals surface area contributed by atoms with Gasteiger partial charge in [-0.2, -0.15) is 0 Å². The molecule has 0 unspecified atom stereocenters. The fourth-order valence-electron chi connectivity index (χ4n) is 1.94. The van der Waals surface area contributed by atoms with E-state index in [4.69, 9.17) is 4.74 Å². The minimum absolute atomic E-state index is 0.392. The molecule has 0 spiro atoms. The minimum atomic E-state index is -0.392. The maximum absolute atomic E-state index is 11.2. The van der Waals surface area contributed by atoms with E-state index in [0.717, 1.165) is 22.4 Å². The summed E-state index contributed by atoms with van der Waals surface area (Å²) in [6.45, 7) is 0. The second-order valence-electron chi connectivity index (χ2n) is 4.43. The number of benzene rings is 1. The van der Waals surface area contributed by atoms with Crippen molar-refractivity contribution >= 4 is 11.5 Å². The van der Waals surface area contributed by atoms with E-state index in [-0.39, 0.29) is 0 Å². The zero-order valence-electron chi connectivity index (χ0n) is 12.5. The van der Waals surface area contributed by atoms with E-state index in [1.165, 1.54) is 13.2 Å². The summed E-state index contributed by atoms with van der Waals surface area (Å²) in [5, 5.41) is 0. The Labute approximate surface area is 129 Å². The first kappa shape index (κ1) is 15.5. The molecule has 1 heterocycles. The monoisotopic (exact) mass is 295 g/mol. The Kier molecular flexibility index (Phi) is 5.49. The number of hydrogen-bond donors (Lipinski definition) is 0. The van der Waals surface area contributed by atoms with Crippen molar-refractivity contribution < 1.29 is 14.3 Å². The predicted molar refractivity (Wildman–Crippen MR) is 85.5 cm³/mol. The number of carbonyl (C=O) groups is 1. The summed E-state index contributed by atoms with van der Waals surface area (Å²) in [6, 6.07) is 11.5. The molecule has 0 aliphatic heterocycles. The Hall–Kier alpha value is -2.88. The SMILES string of the molecule is COC(=O)/C=C/C=C(/c1ccc(OC)cc1)c1cccnc1. The Morgan fingerprint density at radius 3 is 2.45 bits per heavy atom. The number of hydrogen-bond acceptors (Lipinski definition) is 4. The van der Waals surface area contributed by atoms with Gasteiger partial charge in [-0.1, -0.05) is 30.4 Å². The zero-order chi connectivity index (χ0) is 15.8. The van der Waals surface area contributed by atoms with Crippen molar-refractivity contribution in [3.63, 3.8) is 0 Å². The second kappa shape index (κ2) is 7.78. The van der Waals surface area contributed by atoms with Crippen molar-refractivity contribution in [3.8, 4) is 5.75 Å². The van der Waals surface area contributed by atoms with E-state index >= 15 is 0 Å². The third-order valence-electron chi connectivity index (χ3n) is 3.07. The van der Waals surface area contributed by atoms with Crippen molar-refractivity contribution in [2.45, 2.75) is 0 Å². The molecule has 0 aliphatic carbocycles. The third-order valence-corrected chi connectivity index (χ3v) is 3.07. The van der Waals surface area contributed by atoms with E-state index in [1.807, 2.05) is 42.5 Å². The van der Waals surface area contributed by atoms with E-state index in [0.29, 0.717) is 0 Å². The summed E-state index contributed by atoms with van der Waals surface area (Å²) >= 11 is 0. The van der Waals surface area contributed by atoms with Gasteiger partial charge in [0.15, 0.2) is 0 Å². The van der Waals surface area contributed by atoms with Gasteiger partial charge in [0.05, 0.1) is 14.2 Å². The molecule has 2 rings (SSSR count). The Morgan fingerprint density at radius 1 is 1.09 bits per heavy atom.